The van der Waals surface area contributed by atoms with Crippen molar-refractivity contribution in [2.75, 3.05) is 27.3 Å². The van der Waals surface area contributed by atoms with E-state index >= 15 is 0 Å². The summed E-state index contributed by atoms with van der Waals surface area (Å²) in [6.45, 7) is 11.1. The largest absolute Gasteiger partial charge is 0.496 e. The van der Waals surface area contributed by atoms with Crippen LogP contribution < -0.4 is 14.8 Å². The Morgan fingerprint density at radius 2 is 1.71 bits per heavy atom. The first-order valence-electron chi connectivity index (χ1n) is 17.5. The molecule has 2 aromatic heterocycles. The molecule has 48 heavy (non-hydrogen) atoms. The van der Waals surface area contributed by atoms with E-state index in [4.69, 9.17) is 14.5 Å². The van der Waals surface area contributed by atoms with Crippen LogP contribution in [-0.2, 0) is 17.8 Å². The van der Waals surface area contributed by atoms with E-state index in [1.165, 1.54) is 4.88 Å². The summed E-state index contributed by atoms with van der Waals surface area (Å²) in [5.41, 5.74) is 3.58. The van der Waals surface area contributed by atoms with Crippen molar-refractivity contribution < 1.29 is 19.1 Å². The van der Waals surface area contributed by atoms with Gasteiger partial charge in [0.15, 0.2) is 5.78 Å². The molecule has 0 bridgehead atoms. The van der Waals surface area contributed by atoms with E-state index in [1.54, 1.807) is 25.6 Å². The maximum absolute atomic E-state index is 13.8. The molecule has 0 spiro atoms. The summed E-state index contributed by atoms with van der Waals surface area (Å²) >= 11 is 1.74. The minimum absolute atomic E-state index is 0.00448. The summed E-state index contributed by atoms with van der Waals surface area (Å²) in [4.78, 5) is 36.1. The average molecular weight is 673 g/mol. The van der Waals surface area contributed by atoms with Gasteiger partial charge in [-0.2, -0.15) is 0 Å². The molecule has 5 rings (SSSR count). The van der Waals surface area contributed by atoms with Crippen LogP contribution in [-0.4, -0.2) is 59.5 Å². The number of amides is 1. The van der Waals surface area contributed by atoms with E-state index in [1.807, 2.05) is 30.3 Å². The number of Topliss-reactive ketones (excluding diaryl/α,β-unsaturated/α-hetero) is 1. The smallest absolute Gasteiger partial charge is 0.223 e. The third-order valence-electron chi connectivity index (χ3n) is 9.71. The predicted octanol–water partition coefficient (Wildman–Crippen LogP) is 8.08. The molecule has 8 nitrogen and oxygen atoms in total. The zero-order chi connectivity index (χ0) is 34.2. The van der Waals surface area contributed by atoms with Crippen LogP contribution in [0.15, 0.2) is 53.9 Å². The van der Waals surface area contributed by atoms with Gasteiger partial charge in [0.1, 0.15) is 17.3 Å². The number of likely N-dealkylation sites (tertiary alicyclic amines) is 1. The second-order valence-corrected chi connectivity index (χ2v) is 14.5. The highest BCUT2D eigenvalue weighted by Crippen LogP contribution is 2.32. The molecular weight excluding hydrogens is 621 g/mol. The lowest BCUT2D eigenvalue weighted by atomic mass is 9.89. The van der Waals surface area contributed by atoms with E-state index < -0.39 is 0 Å². The van der Waals surface area contributed by atoms with Crippen LogP contribution in [0.2, 0.25) is 0 Å². The maximum atomic E-state index is 13.8. The lowest BCUT2D eigenvalue weighted by molar-refractivity contribution is -0.126. The minimum atomic E-state index is -0.374. The first-order chi connectivity index (χ1) is 23.2. The highest BCUT2D eigenvalue weighted by molar-refractivity contribution is 7.09. The topological polar surface area (TPSA) is 85.7 Å². The van der Waals surface area contributed by atoms with E-state index in [9.17, 15) is 9.59 Å². The van der Waals surface area contributed by atoms with Gasteiger partial charge in [0.05, 0.1) is 30.8 Å². The number of piperidine rings is 1. The number of thiophene rings is 1. The minimum Gasteiger partial charge on any atom is -0.496 e. The van der Waals surface area contributed by atoms with Crippen LogP contribution in [0.5, 0.6) is 11.5 Å². The van der Waals surface area contributed by atoms with Gasteiger partial charge in [-0.3, -0.25) is 14.5 Å². The molecule has 0 unspecified atom stereocenters. The summed E-state index contributed by atoms with van der Waals surface area (Å²) < 4.78 is 13.6. The van der Waals surface area contributed by atoms with E-state index in [-0.39, 0.29) is 30.1 Å². The molecule has 0 saturated carbocycles. The van der Waals surface area contributed by atoms with Crippen LogP contribution in [0.25, 0.3) is 11.0 Å². The Morgan fingerprint density at radius 3 is 2.31 bits per heavy atom. The van der Waals surface area contributed by atoms with Gasteiger partial charge < -0.3 is 19.4 Å². The van der Waals surface area contributed by atoms with Gasteiger partial charge in [-0.15, -0.1) is 11.3 Å². The third-order valence-corrected chi connectivity index (χ3v) is 10.6. The molecule has 3 heterocycles. The van der Waals surface area contributed by atoms with Crippen LogP contribution in [0, 0.1) is 11.8 Å². The first-order valence-corrected chi connectivity index (χ1v) is 18.4. The molecule has 4 aromatic rings. The lowest BCUT2D eigenvalue weighted by Crippen LogP contribution is -2.46. The van der Waals surface area contributed by atoms with Gasteiger partial charge in [-0.05, 0) is 79.8 Å². The Morgan fingerprint density at radius 1 is 1.00 bits per heavy atom. The lowest BCUT2D eigenvalue weighted by Gasteiger charge is -2.33. The predicted molar refractivity (Wildman–Crippen MR) is 194 cm³/mol. The highest BCUT2D eigenvalue weighted by atomic mass is 32.1. The van der Waals surface area contributed by atoms with Crippen molar-refractivity contribution in [2.24, 2.45) is 11.8 Å². The molecule has 1 fully saturated rings. The van der Waals surface area contributed by atoms with Crippen molar-refractivity contribution >= 4 is 34.1 Å². The number of rotatable bonds is 16. The molecule has 9 heteroatoms. The summed E-state index contributed by atoms with van der Waals surface area (Å²) in [6, 6.07) is 16.4. The van der Waals surface area contributed by atoms with Gasteiger partial charge in [-0.1, -0.05) is 39.8 Å². The highest BCUT2D eigenvalue weighted by Gasteiger charge is 2.29. The Labute approximate surface area is 289 Å². The normalized spacial score (nSPS) is 14.9. The number of carbonyl (C=O) groups excluding carboxylic acids is 2. The second-order valence-electron chi connectivity index (χ2n) is 13.5. The number of imidazole rings is 1. The fourth-order valence-electron chi connectivity index (χ4n) is 7.13. The van der Waals surface area contributed by atoms with E-state index in [2.05, 4.69) is 66.1 Å². The number of methoxy groups -OCH3 is 2. The van der Waals surface area contributed by atoms with E-state index in [0.717, 1.165) is 85.7 Å². The monoisotopic (exact) mass is 672 g/mol. The quantitative estimate of drug-likeness (QED) is 0.121. The number of fused-ring (bicyclic) bond motifs is 1. The summed E-state index contributed by atoms with van der Waals surface area (Å²) in [5, 5.41) is 5.42. The van der Waals surface area contributed by atoms with Crippen LogP contribution in [0.3, 0.4) is 0 Å². The van der Waals surface area contributed by atoms with Gasteiger partial charge in [0.25, 0.3) is 0 Å². The van der Waals surface area contributed by atoms with Crippen molar-refractivity contribution in [2.45, 2.75) is 91.3 Å². The molecule has 0 radical (unpaired) electrons. The fraction of sp³-hybridized carbons (Fsp3) is 0.513. The Kier molecular flexibility index (Phi) is 12.3. The molecule has 1 aliphatic rings. The molecule has 1 atom stereocenters. The Bertz CT molecular complexity index is 1630. The van der Waals surface area contributed by atoms with Gasteiger partial charge in [-0.25, -0.2) is 4.98 Å². The number of hydrogen-bond donors (Lipinski definition) is 1. The van der Waals surface area contributed by atoms with Gasteiger partial charge in [0.2, 0.25) is 5.91 Å². The van der Waals surface area contributed by atoms with Gasteiger partial charge >= 0.3 is 0 Å². The molecule has 1 saturated heterocycles. The van der Waals surface area contributed by atoms with Crippen molar-refractivity contribution in [1.82, 2.24) is 19.8 Å². The zero-order valence-corrected chi connectivity index (χ0v) is 30.3. The maximum Gasteiger partial charge on any atom is 0.223 e. The zero-order valence-electron chi connectivity index (χ0n) is 29.5. The third kappa shape index (κ3) is 8.47. The van der Waals surface area contributed by atoms with Crippen LogP contribution in [0.4, 0.5) is 0 Å². The summed E-state index contributed by atoms with van der Waals surface area (Å²) in [7, 11) is 3.37. The number of carbonyl (C=O) groups is 2. The van der Waals surface area contributed by atoms with E-state index in [0.29, 0.717) is 23.9 Å². The number of ether oxygens (including phenoxy) is 2. The molecule has 2 aromatic carbocycles. The van der Waals surface area contributed by atoms with Gasteiger partial charge in [0, 0.05) is 60.9 Å². The summed E-state index contributed by atoms with van der Waals surface area (Å²) in [6.07, 6.45) is 5.38. The molecule has 258 valence electrons. The SMILES string of the molecule is CCC(CC)n1c(Cc2cccs2)nc2cc(C(=O)C[C@@H](CC(C)C)C(=O)NC3CCN(Cc4c(OC)cccc4OC)CC3)ccc21. The number of aromatic nitrogens is 2. The molecule has 1 N–H and O–H groups in total. The fourth-order valence-corrected chi connectivity index (χ4v) is 7.83. The summed E-state index contributed by atoms with van der Waals surface area (Å²) in [5.74, 6) is 2.59. The van der Waals surface area contributed by atoms with Crippen molar-refractivity contribution in [3.63, 3.8) is 0 Å². The number of nitrogens with one attached hydrogen (secondary N) is 1. The standard InChI is InChI=1S/C39H52N4O4S/c1-7-30(8-2)43-34-15-14-27(22-33(34)41-38(43)24-31-11-10-20-48-31)35(44)23-28(21-26(3)4)39(45)40-29-16-18-42(19-17-29)25-32-36(46-5)12-9-13-37(32)47-6/h9-15,20,22,26,28-30H,7-8,16-19,21,23-25H2,1-6H3,(H,40,45)/t28-/m1/s1. The van der Waals surface area contributed by atoms with Crippen LogP contribution in [0.1, 0.15) is 98.9 Å². The molecular formula is C39H52N4O4S. The number of benzene rings is 2. The average Bonchev–Trinajstić information content (AvgIpc) is 3.73. The second kappa shape index (κ2) is 16.6. The number of ketones is 1. The van der Waals surface area contributed by atoms with Crippen molar-refractivity contribution in [3.8, 4) is 11.5 Å². The molecule has 1 amide bonds. The number of nitrogens with zero attached hydrogens (tertiary/aromatic N) is 3. The number of hydrogen-bond acceptors (Lipinski definition) is 7. The van der Waals surface area contributed by atoms with Crippen molar-refractivity contribution in [3.05, 3.63) is 75.7 Å². The van der Waals surface area contributed by atoms with Crippen LogP contribution >= 0.6 is 11.3 Å². The first kappa shape index (κ1) is 35.6. The Hall–Kier alpha value is -3.69. The molecule has 1 aliphatic heterocycles. The van der Waals surface area contributed by atoms with Crippen molar-refractivity contribution in [1.29, 1.82) is 0 Å². The Balaban J connectivity index is 1.25. The molecule has 0 aliphatic carbocycles.